The second kappa shape index (κ2) is 6.86. The largest absolute Gasteiger partial charge is 0.462 e. The molecule has 3 aromatic rings. The van der Waals surface area contributed by atoms with E-state index in [1.54, 1.807) is 6.92 Å². The van der Waals surface area contributed by atoms with Crippen LogP contribution >= 0.6 is 23.1 Å². The highest BCUT2D eigenvalue weighted by Crippen LogP contribution is 2.37. The highest BCUT2D eigenvalue weighted by molar-refractivity contribution is 7.99. The Bertz CT molecular complexity index is 903. The summed E-state index contributed by atoms with van der Waals surface area (Å²) in [6, 6.07) is 0. The smallest absolute Gasteiger partial charge is 0.348 e. The molecule has 7 nitrogen and oxygen atoms in total. The van der Waals surface area contributed by atoms with Crippen LogP contribution in [0.5, 0.6) is 0 Å². The van der Waals surface area contributed by atoms with Gasteiger partial charge in [-0.2, -0.15) is 0 Å². The monoisotopic (exact) mass is 363 g/mol. The van der Waals surface area contributed by atoms with Crippen LogP contribution in [0.2, 0.25) is 0 Å². The summed E-state index contributed by atoms with van der Waals surface area (Å²) >= 11 is 2.76. The Balaban J connectivity index is 2.07. The summed E-state index contributed by atoms with van der Waals surface area (Å²) in [5.74, 6) is 0.543. The Hall–Kier alpha value is -2.00. The van der Waals surface area contributed by atoms with Crippen molar-refractivity contribution >= 4 is 39.3 Å². The maximum Gasteiger partial charge on any atom is 0.348 e. The van der Waals surface area contributed by atoms with Gasteiger partial charge in [0.05, 0.1) is 6.61 Å². The topological polar surface area (TPSA) is 82.8 Å². The van der Waals surface area contributed by atoms with Gasteiger partial charge in [0, 0.05) is 11.9 Å². The van der Waals surface area contributed by atoms with Crippen molar-refractivity contribution in [3.05, 3.63) is 22.6 Å². The standard InChI is InChI=1S/C15H17N5O2S2/c1-5-20-9(4)18-19-15(20)24-13-10-8(3)11(14(21)22-6-2)23-12(10)16-7-17-13/h7H,5-6H2,1-4H3. The van der Waals surface area contributed by atoms with Crippen LogP contribution in [0.15, 0.2) is 16.5 Å². The molecule has 0 saturated carbocycles. The van der Waals surface area contributed by atoms with Crippen molar-refractivity contribution in [3.8, 4) is 0 Å². The number of hydrogen-bond donors (Lipinski definition) is 0. The lowest BCUT2D eigenvalue weighted by Gasteiger charge is -2.05. The second-order valence-electron chi connectivity index (χ2n) is 5.01. The SMILES string of the molecule is CCOC(=O)c1sc2ncnc(Sc3nnc(C)n3CC)c2c1C. The van der Waals surface area contributed by atoms with Crippen molar-refractivity contribution in [1.29, 1.82) is 0 Å². The van der Waals surface area contributed by atoms with Gasteiger partial charge < -0.3 is 9.30 Å². The van der Waals surface area contributed by atoms with E-state index in [0.717, 1.165) is 38.3 Å². The van der Waals surface area contributed by atoms with Gasteiger partial charge in [-0.25, -0.2) is 14.8 Å². The Morgan fingerprint density at radius 3 is 2.79 bits per heavy atom. The molecule has 24 heavy (non-hydrogen) atoms. The van der Waals surface area contributed by atoms with E-state index < -0.39 is 0 Å². The molecule has 0 unspecified atom stereocenters. The average molecular weight is 363 g/mol. The van der Waals surface area contributed by atoms with Crippen LogP contribution < -0.4 is 0 Å². The first-order valence-corrected chi connectivity index (χ1v) is 9.18. The predicted molar refractivity (Wildman–Crippen MR) is 92.7 cm³/mol. The van der Waals surface area contributed by atoms with Gasteiger partial charge in [0.2, 0.25) is 0 Å². The molecule has 0 spiro atoms. The maximum absolute atomic E-state index is 12.1. The first kappa shape index (κ1) is 16.8. The summed E-state index contributed by atoms with van der Waals surface area (Å²) in [7, 11) is 0. The van der Waals surface area contributed by atoms with E-state index in [1.807, 2.05) is 25.3 Å². The average Bonchev–Trinajstić information content (AvgIpc) is 3.09. The molecule has 3 rings (SSSR count). The summed E-state index contributed by atoms with van der Waals surface area (Å²) < 4.78 is 7.15. The van der Waals surface area contributed by atoms with Crippen molar-refractivity contribution in [1.82, 2.24) is 24.7 Å². The third-order valence-corrected chi connectivity index (χ3v) is 5.73. The van der Waals surface area contributed by atoms with E-state index in [0.29, 0.717) is 11.5 Å². The van der Waals surface area contributed by atoms with E-state index >= 15 is 0 Å². The minimum Gasteiger partial charge on any atom is -0.462 e. The molecule has 0 bridgehead atoms. The second-order valence-corrected chi connectivity index (χ2v) is 6.97. The molecule has 3 aromatic heterocycles. The third-order valence-electron chi connectivity index (χ3n) is 3.56. The minimum absolute atomic E-state index is 0.318. The Kier molecular flexibility index (Phi) is 4.81. The lowest BCUT2D eigenvalue weighted by Crippen LogP contribution is -2.03. The van der Waals surface area contributed by atoms with Crippen molar-refractivity contribution in [2.45, 2.75) is 44.4 Å². The van der Waals surface area contributed by atoms with Gasteiger partial charge in [-0.15, -0.1) is 21.5 Å². The number of hydrogen-bond acceptors (Lipinski definition) is 8. The third kappa shape index (κ3) is 2.89. The molecular weight excluding hydrogens is 346 g/mol. The molecule has 9 heteroatoms. The lowest BCUT2D eigenvalue weighted by molar-refractivity contribution is 0.0531. The summed E-state index contributed by atoms with van der Waals surface area (Å²) in [5, 5.41) is 10.8. The number of fused-ring (bicyclic) bond motifs is 1. The summed E-state index contributed by atoms with van der Waals surface area (Å²) in [6.07, 6.45) is 1.51. The van der Waals surface area contributed by atoms with Gasteiger partial charge in [-0.3, -0.25) is 0 Å². The normalized spacial score (nSPS) is 11.2. The molecule has 126 valence electrons. The van der Waals surface area contributed by atoms with Gasteiger partial charge in [0.1, 0.15) is 26.9 Å². The van der Waals surface area contributed by atoms with Crippen LogP contribution in [0.25, 0.3) is 10.2 Å². The van der Waals surface area contributed by atoms with Crippen LogP contribution in [0.3, 0.4) is 0 Å². The number of esters is 1. The Morgan fingerprint density at radius 1 is 1.29 bits per heavy atom. The predicted octanol–water partition coefficient (Wildman–Crippen LogP) is 3.25. The Morgan fingerprint density at radius 2 is 2.08 bits per heavy atom. The number of aromatic nitrogens is 5. The zero-order valence-electron chi connectivity index (χ0n) is 13.9. The molecule has 0 amide bonds. The fourth-order valence-electron chi connectivity index (χ4n) is 2.40. The van der Waals surface area contributed by atoms with Crippen LogP contribution in [0.1, 0.15) is 34.9 Å². The lowest BCUT2D eigenvalue weighted by atomic mass is 10.2. The van der Waals surface area contributed by atoms with Gasteiger partial charge in [-0.1, -0.05) is 0 Å². The maximum atomic E-state index is 12.1. The highest BCUT2D eigenvalue weighted by Gasteiger charge is 2.21. The van der Waals surface area contributed by atoms with Gasteiger partial charge >= 0.3 is 5.97 Å². The van der Waals surface area contributed by atoms with Crippen molar-refractivity contribution in [2.75, 3.05) is 6.61 Å². The van der Waals surface area contributed by atoms with Gasteiger partial charge in [-0.05, 0) is 45.0 Å². The van der Waals surface area contributed by atoms with Gasteiger partial charge in [0.15, 0.2) is 5.16 Å². The zero-order chi connectivity index (χ0) is 17.3. The summed E-state index contributed by atoms with van der Waals surface area (Å²) in [6.45, 7) is 8.79. The molecule has 3 heterocycles. The van der Waals surface area contributed by atoms with E-state index in [-0.39, 0.29) is 5.97 Å². The van der Waals surface area contributed by atoms with Crippen LogP contribution in [0.4, 0.5) is 0 Å². The van der Waals surface area contributed by atoms with Crippen molar-refractivity contribution in [2.24, 2.45) is 0 Å². The van der Waals surface area contributed by atoms with E-state index in [9.17, 15) is 4.79 Å². The molecule has 0 fully saturated rings. The molecule has 0 aliphatic heterocycles. The molecule has 0 aliphatic rings. The fourth-order valence-corrected chi connectivity index (χ4v) is 4.58. The quantitative estimate of drug-likeness (QED) is 0.508. The number of rotatable bonds is 5. The number of ether oxygens (including phenoxy) is 1. The summed E-state index contributed by atoms with van der Waals surface area (Å²) in [5.41, 5.74) is 0.843. The van der Waals surface area contributed by atoms with E-state index in [2.05, 4.69) is 20.2 Å². The minimum atomic E-state index is -0.318. The first-order valence-electron chi connectivity index (χ1n) is 7.55. The van der Waals surface area contributed by atoms with Crippen molar-refractivity contribution in [3.63, 3.8) is 0 Å². The van der Waals surface area contributed by atoms with Crippen LogP contribution in [-0.2, 0) is 11.3 Å². The number of carbonyl (C=O) groups excluding carboxylic acids is 1. The molecule has 0 N–H and O–H groups in total. The fraction of sp³-hybridized carbons (Fsp3) is 0.400. The number of thiophene rings is 1. The van der Waals surface area contributed by atoms with Crippen LogP contribution in [-0.4, -0.2) is 37.3 Å². The number of aryl methyl sites for hydroxylation is 2. The Labute approximate surface area is 147 Å². The molecule has 0 saturated heterocycles. The van der Waals surface area contributed by atoms with E-state index in [1.165, 1.54) is 29.4 Å². The number of carbonyl (C=O) groups is 1. The highest BCUT2D eigenvalue weighted by atomic mass is 32.2. The molecule has 0 radical (unpaired) electrons. The van der Waals surface area contributed by atoms with Gasteiger partial charge in [0.25, 0.3) is 0 Å². The first-order chi connectivity index (χ1) is 11.6. The molecule has 0 atom stereocenters. The zero-order valence-corrected chi connectivity index (χ0v) is 15.5. The van der Waals surface area contributed by atoms with Crippen LogP contribution in [0, 0.1) is 13.8 Å². The molecule has 0 aromatic carbocycles. The number of nitrogens with zero attached hydrogens (tertiary/aromatic N) is 5. The van der Waals surface area contributed by atoms with E-state index in [4.69, 9.17) is 4.74 Å². The van der Waals surface area contributed by atoms with Crippen molar-refractivity contribution < 1.29 is 9.53 Å². The molecular formula is C15H17N5O2S2. The summed E-state index contributed by atoms with van der Waals surface area (Å²) in [4.78, 5) is 22.1. The molecule has 0 aliphatic carbocycles.